The number of aromatic nitrogens is 1. The number of rotatable bonds is 5. The molecule has 0 aliphatic rings. The minimum Gasteiger partial charge on any atom is -0.371 e. The fourth-order valence-electron chi connectivity index (χ4n) is 2.23. The highest BCUT2D eigenvalue weighted by molar-refractivity contribution is 5.99. The second kappa shape index (κ2) is 5.61. The van der Waals surface area contributed by atoms with Crippen molar-refractivity contribution < 1.29 is 4.79 Å². The number of nitrogens with two attached hydrogens (primary N) is 1. The van der Waals surface area contributed by atoms with E-state index in [1.54, 1.807) is 0 Å². The summed E-state index contributed by atoms with van der Waals surface area (Å²) in [6, 6.07) is 9.70. The molecule has 19 heavy (non-hydrogen) atoms. The van der Waals surface area contributed by atoms with Gasteiger partial charge >= 0.3 is 0 Å². The van der Waals surface area contributed by atoms with E-state index >= 15 is 0 Å². The lowest BCUT2D eigenvalue weighted by Crippen LogP contribution is -2.26. The van der Waals surface area contributed by atoms with Crippen molar-refractivity contribution in [1.29, 1.82) is 0 Å². The quantitative estimate of drug-likeness (QED) is 0.894. The standard InChI is InChI=1S/C15H19N3O/c1-3-17(4-2)14-8-7-12(11-13(14)15(16)19)18-9-5-6-10-18/h5-11H,3-4H2,1-2H3,(H2,16,19). The minimum atomic E-state index is -0.393. The number of anilines is 1. The lowest BCUT2D eigenvalue weighted by molar-refractivity contribution is 0.100. The smallest absolute Gasteiger partial charge is 0.250 e. The summed E-state index contributed by atoms with van der Waals surface area (Å²) in [6.07, 6.45) is 3.88. The summed E-state index contributed by atoms with van der Waals surface area (Å²) in [5, 5.41) is 0. The summed E-state index contributed by atoms with van der Waals surface area (Å²) >= 11 is 0. The van der Waals surface area contributed by atoms with Crippen LogP contribution in [0.25, 0.3) is 5.69 Å². The first-order valence-corrected chi connectivity index (χ1v) is 6.49. The highest BCUT2D eigenvalue weighted by Crippen LogP contribution is 2.23. The molecule has 2 rings (SSSR count). The van der Waals surface area contributed by atoms with Gasteiger partial charge in [-0.1, -0.05) is 0 Å². The summed E-state index contributed by atoms with van der Waals surface area (Å²) in [7, 11) is 0. The molecule has 1 amide bonds. The normalized spacial score (nSPS) is 10.4. The first-order chi connectivity index (χ1) is 9.17. The molecule has 0 atom stereocenters. The molecule has 0 radical (unpaired) electrons. The Bertz CT molecular complexity index is 557. The third-order valence-corrected chi connectivity index (χ3v) is 3.25. The third kappa shape index (κ3) is 2.62. The van der Waals surface area contributed by atoms with Gasteiger partial charge in [-0.15, -0.1) is 0 Å². The van der Waals surface area contributed by atoms with Gasteiger partial charge in [-0.3, -0.25) is 4.79 Å². The molecule has 1 aromatic carbocycles. The Morgan fingerprint density at radius 2 is 1.84 bits per heavy atom. The predicted octanol–water partition coefficient (Wildman–Crippen LogP) is 2.42. The van der Waals surface area contributed by atoms with Gasteiger partial charge in [-0.05, 0) is 44.2 Å². The molecule has 0 bridgehead atoms. The van der Waals surface area contributed by atoms with Crippen LogP contribution >= 0.6 is 0 Å². The van der Waals surface area contributed by atoms with Gasteiger partial charge in [0.2, 0.25) is 0 Å². The summed E-state index contributed by atoms with van der Waals surface area (Å²) < 4.78 is 1.96. The monoisotopic (exact) mass is 257 g/mol. The van der Waals surface area contributed by atoms with E-state index < -0.39 is 5.91 Å². The molecular weight excluding hydrogens is 238 g/mol. The van der Waals surface area contributed by atoms with Gasteiger partial charge in [0.25, 0.3) is 5.91 Å². The number of carbonyl (C=O) groups excluding carboxylic acids is 1. The average molecular weight is 257 g/mol. The fraction of sp³-hybridized carbons (Fsp3) is 0.267. The van der Waals surface area contributed by atoms with Crippen LogP contribution in [0.5, 0.6) is 0 Å². The van der Waals surface area contributed by atoms with Gasteiger partial charge in [0, 0.05) is 36.9 Å². The Morgan fingerprint density at radius 1 is 1.21 bits per heavy atom. The number of hydrogen-bond acceptors (Lipinski definition) is 2. The highest BCUT2D eigenvalue weighted by atomic mass is 16.1. The first-order valence-electron chi connectivity index (χ1n) is 6.49. The largest absolute Gasteiger partial charge is 0.371 e. The Labute approximate surface area is 113 Å². The van der Waals surface area contributed by atoms with Crippen LogP contribution in [0, 0.1) is 0 Å². The van der Waals surface area contributed by atoms with E-state index in [0.717, 1.165) is 24.5 Å². The van der Waals surface area contributed by atoms with Gasteiger partial charge < -0.3 is 15.2 Å². The van der Waals surface area contributed by atoms with Crippen LogP contribution in [-0.4, -0.2) is 23.6 Å². The maximum absolute atomic E-state index is 11.7. The molecule has 4 heteroatoms. The molecule has 0 aliphatic heterocycles. The molecule has 0 unspecified atom stereocenters. The first kappa shape index (κ1) is 13.2. The fourth-order valence-corrected chi connectivity index (χ4v) is 2.23. The molecule has 0 saturated heterocycles. The van der Waals surface area contributed by atoms with E-state index in [4.69, 9.17) is 5.73 Å². The predicted molar refractivity (Wildman–Crippen MR) is 77.8 cm³/mol. The number of primary amides is 1. The van der Waals surface area contributed by atoms with E-state index in [1.165, 1.54) is 0 Å². The van der Waals surface area contributed by atoms with Gasteiger partial charge in [0.15, 0.2) is 0 Å². The highest BCUT2D eigenvalue weighted by Gasteiger charge is 2.13. The van der Waals surface area contributed by atoms with Crippen molar-refractivity contribution >= 4 is 11.6 Å². The molecule has 0 fully saturated rings. The van der Waals surface area contributed by atoms with Crippen LogP contribution in [0.15, 0.2) is 42.7 Å². The molecule has 2 aromatic rings. The molecule has 0 spiro atoms. The topological polar surface area (TPSA) is 51.3 Å². The maximum Gasteiger partial charge on any atom is 0.250 e. The summed E-state index contributed by atoms with van der Waals surface area (Å²) in [4.78, 5) is 13.8. The Balaban J connectivity index is 2.49. The Morgan fingerprint density at radius 3 is 2.37 bits per heavy atom. The van der Waals surface area contributed by atoms with Crippen molar-refractivity contribution in [3.8, 4) is 5.69 Å². The minimum absolute atomic E-state index is 0.393. The van der Waals surface area contributed by atoms with Gasteiger partial charge in [-0.2, -0.15) is 0 Å². The average Bonchev–Trinajstić information content (AvgIpc) is 2.94. The lowest BCUT2D eigenvalue weighted by atomic mass is 10.1. The summed E-state index contributed by atoms with van der Waals surface area (Å²) in [5.74, 6) is -0.393. The molecule has 1 heterocycles. The molecule has 2 N–H and O–H groups in total. The molecule has 4 nitrogen and oxygen atoms in total. The van der Waals surface area contributed by atoms with Crippen LogP contribution < -0.4 is 10.6 Å². The van der Waals surface area contributed by atoms with Crippen molar-refractivity contribution in [2.24, 2.45) is 5.73 Å². The van der Waals surface area contributed by atoms with Gasteiger partial charge in [0.1, 0.15) is 0 Å². The second-order valence-electron chi connectivity index (χ2n) is 4.33. The zero-order valence-electron chi connectivity index (χ0n) is 11.3. The summed E-state index contributed by atoms with van der Waals surface area (Å²) in [6.45, 7) is 5.82. The van der Waals surface area contributed by atoms with Crippen molar-refractivity contribution in [3.05, 3.63) is 48.3 Å². The van der Waals surface area contributed by atoms with Crippen molar-refractivity contribution in [3.63, 3.8) is 0 Å². The van der Waals surface area contributed by atoms with Gasteiger partial charge in [-0.25, -0.2) is 0 Å². The van der Waals surface area contributed by atoms with E-state index in [-0.39, 0.29) is 0 Å². The number of benzene rings is 1. The van der Waals surface area contributed by atoms with E-state index in [2.05, 4.69) is 18.7 Å². The van der Waals surface area contributed by atoms with E-state index in [9.17, 15) is 4.79 Å². The van der Waals surface area contributed by atoms with Gasteiger partial charge in [0.05, 0.1) is 5.56 Å². The van der Waals surface area contributed by atoms with Crippen LogP contribution in [0.4, 0.5) is 5.69 Å². The van der Waals surface area contributed by atoms with E-state index in [0.29, 0.717) is 5.56 Å². The number of hydrogen-bond donors (Lipinski definition) is 1. The van der Waals surface area contributed by atoms with Crippen LogP contribution in [0.3, 0.4) is 0 Å². The molecule has 1 aromatic heterocycles. The molecule has 0 aliphatic carbocycles. The van der Waals surface area contributed by atoms with Crippen molar-refractivity contribution in [2.45, 2.75) is 13.8 Å². The van der Waals surface area contributed by atoms with Crippen LogP contribution in [0.2, 0.25) is 0 Å². The maximum atomic E-state index is 11.7. The zero-order valence-corrected chi connectivity index (χ0v) is 11.3. The van der Waals surface area contributed by atoms with Crippen LogP contribution in [-0.2, 0) is 0 Å². The zero-order chi connectivity index (χ0) is 13.8. The molecule has 100 valence electrons. The van der Waals surface area contributed by atoms with Crippen molar-refractivity contribution in [2.75, 3.05) is 18.0 Å². The van der Waals surface area contributed by atoms with Crippen LogP contribution in [0.1, 0.15) is 24.2 Å². The Hall–Kier alpha value is -2.23. The number of nitrogens with zero attached hydrogens (tertiary/aromatic N) is 2. The third-order valence-electron chi connectivity index (χ3n) is 3.25. The number of carbonyl (C=O) groups is 1. The summed E-state index contributed by atoms with van der Waals surface area (Å²) in [5.41, 5.74) is 7.91. The Kier molecular flexibility index (Phi) is 3.90. The number of amides is 1. The molecule has 0 saturated carbocycles. The second-order valence-corrected chi connectivity index (χ2v) is 4.33. The van der Waals surface area contributed by atoms with E-state index in [1.807, 2.05) is 47.3 Å². The van der Waals surface area contributed by atoms with Crippen molar-refractivity contribution in [1.82, 2.24) is 4.57 Å². The SMILES string of the molecule is CCN(CC)c1ccc(-n2cccc2)cc1C(N)=O. The molecular formula is C15H19N3O. The lowest BCUT2D eigenvalue weighted by Gasteiger charge is -2.23.